The zero-order valence-electron chi connectivity index (χ0n) is 29.7. The number of unbranched alkanes of at least 4 members (excludes halogenated alkanes) is 22. The van der Waals surface area contributed by atoms with Gasteiger partial charge in [-0.25, -0.2) is 0 Å². The zero-order chi connectivity index (χ0) is 31.6. The monoisotopic (exact) mass is 609 g/mol. The van der Waals surface area contributed by atoms with Gasteiger partial charge in [-0.2, -0.15) is 0 Å². The van der Waals surface area contributed by atoms with E-state index in [1.165, 1.54) is 128 Å². The molecule has 0 unspecified atom stereocenters. The maximum absolute atomic E-state index is 11.9. The summed E-state index contributed by atoms with van der Waals surface area (Å²) in [5.74, 6) is 1.60. The normalized spacial score (nSPS) is 11.5. The van der Waals surface area contributed by atoms with Crippen LogP contribution in [0.3, 0.4) is 0 Å². The molecule has 256 valence electrons. The first-order valence-electron chi connectivity index (χ1n) is 19.2. The molecule has 0 atom stereocenters. The minimum Gasteiger partial charge on any atom is -0.466 e. The van der Waals surface area contributed by atoms with E-state index >= 15 is 0 Å². The molecule has 43 heavy (non-hydrogen) atoms. The first-order chi connectivity index (χ1) is 20.9. The van der Waals surface area contributed by atoms with Crippen LogP contribution in [0.25, 0.3) is 0 Å². The summed E-state index contributed by atoms with van der Waals surface area (Å²) in [6.45, 7) is 10.4. The summed E-state index contributed by atoms with van der Waals surface area (Å²) in [6, 6.07) is 0. The SMILES string of the molecule is CC(C)CCCCCCCCCCCCOC(=O)CCCCCCCC(=O)OCCCCCCCCCCCCC(C)C. The van der Waals surface area contributed by atoms with Crippen LogP contribution in [0, 0.1) is 11.8 Å². The van der Waals surface area contributed by atoms with E-state index in [-0.39, 0.29) is 11.9 Å². The summed E-state index contributed by atoms with van der Waals surface area (Å²) in [4.78, 5) is 23.9. The Labute approximate surface area is 269 Å². The first kappa shape index (κ1) is 41.9. The van der Waals surface area contributed by atoms with Gasteiger partial charge in [0.15, 0.2) is 0 Å². The van der Waals surface area contributed by atoms with Crippen molar-refractivity contribution < 1.29 is 19.1 Å². The summed E-state index contributed by atoms with van der Waals surface area (Å²) in [5.41, 5.74) is 0. The third kappa shape index (κ3) is 37.0. The Balaban J connectivity index is 3.26. The van der Waals surface area contributed by atoms with Gasteiger partial charge in [-0.15, -0.1) is 0 Å². The molecule has 0 rings (SSSR count). The predicted molar refractivity (Wildman–Crippen MR) is 185 cm³/mol. The van der Waals surface area contributed by atoms with Crippen molar-refractivity contribution in [3.05, 3.63) is 0 Å². The van der Waals surface area contributed by atoms with E-state index in [0.717, 1.165) is 56.8 Å². The molecule has 0 aromatic carbocycles. The third-order valence-corrected chi connectivity index (χ3v) is 8.64. The molecule has 0 spiro atoms. The molecule has 0 saturated heterocycles. The molecule has 0 aliphatic rings. The molecule has 0 bridgehead atoms. The topological polar surface area (TPSA) is 52.6 Å². The van der Waals surface area contributed by atoms with E-state index in [1.807, 2.05) is 0 Å². The van der Waals surface area contributed by atoms with Gasteiger partial charge in [-0.05, 0) is 37.5 Å². The molecule has 4 heteroatoms. The van der Waals surface area contributed by atoms with Crippen molar-refractivity contribution >= 4 is 11.9 Å². The highest BCUT2D eigenvalue weighted by Crippen LogP contribution is 2.15. The summed E-state index contributed by atoms with van der Waals surface area (Å²) in [6.07, 6.45) is 34.8. The molecule has 0 radical (unpaired) electrons. The van der Waals surface area contributed by atoms with Crippen molar-refractivity contribution in [2.45, 2.75) is 214 Å². The van der Waals surface area contributed by atoms with Crippen molar-refractivity contribution in [3.63, 3.8) is 0 Å². The lowest BCUT2D eigenvalue weighted by Crippen LogP contribution is -2.06. The van der Waals surface area contributed by atoms with Crippen LogP contribution in [0.4, 0.5) is 0 Å². The van der Waals surface area contributed by atoms with Crippen molar-refractivity contribution in [1.29, 1.82) is 0 Å². The van der Waals surface area contributed by atoms with Crippen LogP contribution in [-0.4, -0.2) is 25.2 Å². The second-order valence-electron chi connectivity index (χ2n) is 14.1. The molecule has 0 aromatic heterocycles. The average Bonchev–Trinajstić information content (AvgIpc) is 2.97. The molecule has 0 saturated carbocycles. The van der Waals surface area contributed by atoms with Crippen molar-refractivity contribution in [3.8, 4) is 0 Å². The number of hydrogen-bond acceptors (Lipinski definition) is 4. The standard InChI is InChI=1S/C39H76O4/c1-36(2)30-24-18-13-9-5-7-11-15-22-28-34-42-38(40)32-26-20-17-21-27-33-39(41)43-35-29-23-16-12-8-6-10-14-19-25-31-37(3)4/h36-37H,5-35H2,1-4H3. The fourth-order valence-corrected chi connectivity index (χ4v) is 5.72. The van der Waals surface area contributed by atoms with E-state index in [0.29, 0.717) is 26.1 Å². The lowest BCUT2D eigenvalue weighted by Gasteiger charge is -2.06. The van der Waals surface area contributed by atoms with Crippen LogP contribution in [0.15, 0.2) is 0 Å². The Morgan fingerprint density at radius 3 is 0.860 bits per heavy atom. The van der Waals surface area contributed by atoms with E-state index in [9.17, 15) is 9.59 Å². The number of hydrogen-bond donors (Lipinski definition) is 0. The Morgan fingerprint density at radius 2 is 0.581 bits per heavy atom. The number of carbonyl (C=O) groups excluding carboxylic acids is 2. The van der Waals surface area contributed by atoms with Crippen LogP contribution < -0.4 is 0 Å². The molecular weight excluding hydrogens is 532 g/mol. The molecule has 0 fully saturated rings. The Kier molecular flexibility index (Phi) is 33.0. The van der Waals surface area contributed by atoms with Gasteiger partial charge in [0.05, 0.1) is 13.2 Å². The smallest absolute Gasteiger partial charge is 0.305 e. The van der Waals surface area contributed by atoms with Gasteiger partial charge in [0.2, 0.25) is 0 Å². The zero-order valence-corrected chi connectivity index (χ0v) is 29.7. The molecule has 0 amide bonds. The minimum atomic E-state index is -0.0476. The predicted octanol–water partition coefficient (Wildman–Crippen LogP) is 12.7. The van der Waals surface area contributed by atoms with Crippen LogP contribution in [-0.2, 0) is 19.1 Å². The van der Waals surface area contributed by atoms with Gasteiger partial charge in [0, 0.05) is 12.8 Å². The lowest BCUT2D eigenvalue weighted by molar-refractivity contribution is -0.144. The van der Waals surface area contributed by atoms with Gasteiger partial charge in [0.25, 0.3) is 0 Å². The first-order valence-corrected chi connectivity index (χ1v) is 19.2. The van der Waals surface area contributed by atoms with Crippen molar-refractivity contribution in [2.75, 3.05) is 13.2 Å². The second kappa shape index (κ2) is 33.8. The highest BCUT2D eigenvalue weighted by Gasteiger charge is 2.05. The number of ether oxygens (including phenoxy) is 2. The van der Waals surface area contributed by atoms with Crippen LogP contribution in [0.1, 0.15) is 214 Å². The largest absolute Gasteiger partial charge is 0.466 e. The number of rotatable bonds is 34. The quantitative estimate of drug-likeness (QED) is 0.0538. The summed E-state index contributed by atoms with van der Waals surface area (Å²) < 4.78 is 10.8. The fraction of sp³-hybridized carbons (Fsp3) is 0.949. The Bertz CT molecular complexity index is 536. The number of esters is 2. The molecule has 0 aromatic rings. The lowest BCUT2D eigenvalue weighted by atomic mass is 10.0. The Morgan fingerprint density at radius 1 is 0.349 bits per heavy atom. The molecule has 0 N–H and O–H groups in total. The van der Waals surface area contributed by atoms with Crippen molar-refractivity contribution in [2.24, 2.45) is 11.8 Å². The maximum atomic E-state index is 11.9. The summed E-state index contributed by atoms with van der Waals surface area (Å²) in [5, 5.41) is 0. The molecule has 4 nitrogen and oxygen atoms in total. The van der Waals surface area contributed by atoms with E-state index < -0.39 is 0 Å². The Hall–Kier alpha value is -1.06. The van der Waals surface area contributed by atoms with Gasteiger partial charge >= 0.3 is 11.9 Å². The van der Waals surface area contributed by atoms with E-state index in [4.69, 9.17) is 9.47 Å². The van der Waals surface area contributed by atoms with E-state index in [1.54, 1.807) is 0 Å². The van der Waals surface area contributed by atoms with E-state index in [2.05, 4.69) is 27.7 Å². The molecule has 0 aliphatic heterocycles. The molecule has 0 heterocycles. The van der Waals surface area contributed by atoms with Gasteiger partial charge < -0.3 is 9.47 Å². The average molecular weight is 609 g/mol. The third-order valence-electron chi connectivity index (χ3n) is 8.64. The van der Waals surface area contributed by atoms with Gasteiger partial charge in [-0.1, -0.05) is 175 Å². The summed E-state index contributed by atoms with van der Waals surface area (Å²) in [7, 11) is 0. The van der Waals surface area contributed by atoms with Crippen molar-refractivity contribution in [1.82, 2.24) is 0 Å². The summed E-state index contributed by atoms with van der Waals surface area (Å²) >= 11 is 0. The van der Waals surface area contributed by atoms with Gasteiger partial charge in [0.1, 0.15) is 0 Å². The van der Waals surface area contributed by atoms with Gasteiger partial charge in [-0.3, -0.25) is 9.59 Å². The van der Waals surface area contributed by atoms with Crippen LogP contribution in [0.5, 0.6) is 0 Å². The maximum Gasteiger partial charge on any atom is 0.305 e. The highest BCUT2D eigenvalue weighted by atomic mass is 16.5. The molecular formula is C39H76O4. The minimum absolute atomic E-state index is 0.0476. The second-order valence-corrected chi connectivity index (χ2v) is 14.1. The number of carbonyl (C=O) groups is 2. The fourth-order valence-electron chi connectivity index (χ4n) is 5.72. The van der Waals surface area contributed by atoms with Crippen LogP contribution >= 0.6 is 0 Å². The molecule has 0 aliphatic carbocycles. The van der Waals surface area contributed by atoms with Crippen LogP contribution in [0.2, 0.25) is 0 Å². The highest BCUT2D eigenvalue weighted by molar-refractivity contribution is 5.69.